The second kappa shape index (κ2) is 9.06. The molecule has 0 saturated carbocycles. The van der Waals surface area contributed by atoms with Gasteiger partial charge in [0.05, 0.1) is 11.1 Å². The number of imide groups is 2. The number of carbonyl (C=O) groups is 4. The van der Waals surface area contributed by atoms with Gasteiger partial charge in [0.15, 0.2) is 0 Å². The van der Waals surface area contributed by atoms with Gasteiger partial charge >= 0.3 is 0 Å². The number of hydrogen-bond donors (Lipinski definition) is 1. The largest absolute Gasteiger partial charge is 0.299 e. The summed E-state index contributed by atoms with van der Waals surface area (Å²) in [6.45, 7) is 4.56. The maximum atomic E-state index is 13.0. The van der Waals surface area contributed by atoms with Crippen LogP contribution in [0.25, 0.3) is 0 Å². The van der Waals surface area contributed by atoms with Crippen molar-refractivity contribution < 1.29 is 19.2 Å². The van der Waals surface area contributed by atoms with Crippen molar-refractivity contribution >= 4 is 23.6 Å². The van der Waals surface area contributed by atoms with Crippen LogP contribution in [0.3, 0.4) is 0 Å². The van der Waals surface area contributed by atoms with Crippen LogP contribution < -0.4 is 5.32 Å². The van der Waals surface area contributed by atoms with E-state index in [9.17, 15) is 19.2 Å². The second-order valence-electron chi connectivity index (χ2n) is 9.18. The Labute approximate surface area is 197 Å². The predicted octanol–water partition coefficient (Wildman–Crippen LogP) is 1.82. The van der Waals surface area contributed by atoms with Gasteiger partial charge in [0.1, 0.15) is 11.9 Å². The van der Waals surface area contributed by atoms with E-state index in [1.54, 1.807) is 12.1 Å². The molecule has 0 aliphatic carbocycles. The summed E-state index contributed by atoms with van der Waals surface area (Å²) < 4.78 is 0. The number of carbonyl (C=O) groups excluding carboxylic acids is 4. The molecule has 1 N–H and O–H groups in total. The Morgan fingerprint density at radius 1 is 0.941 bits per heavy atom. The van der Waals surface area contributed by atoms with Crippen LogP contribution in [0.2, 0.25) is 0 Å². The molecule has 1 atom stereocenters. The number of benzene rings is 1. The van der Waals surface area contributed by atoms with Crippen molar-refractivity contribution in [1.29, 1.82) is 0 Å². The van der Waals surface area contributed by atoms with Crippen LogP contribution in [0.4, 0.5) is 0 Å². The number of rotatable bonds is 5. The Hall–Kier alpha value is -3.46. The molecular weight excluding hydrogens is 434 g/mol. The van der Waals surface area contributed by atoms with Crippen LogP contribution in [0.1, 0.15) is 76.2 Å². The first-order valence-corrected chi connectivity index (χ1v) is 11.8. The summed E-state index contributed by atoms with van der Waals surface area (Å²) in [5, 5.41) is 2.22. The number of aryl methyl sites for hydroxylation is 1. The highest BCUT2D eigenvalue weighted by atomic mass is 16.2. The molecule has 1 unspecified atom stereocenters. The molecule has 0 radical (unpaired) electrons. The molecule has 2 fully saturated rings. The molecule has 3 aliphatic rings. The normalized spacial score (nSPS) is 21.7. The van der Waals surface area contributed by atoms with Gasteiger partial charge < -0.3 is 0 Å². The first kappa shape index (κ1) is 22.3. The summed E-state index contributed by atoms with van der Waals surface area (Å²) >= 11 is 0. The Balaban J connectivity index is 1.23. The second-order valence-corrected chi connectivity index (χ2v) is 9.18. The maximum absolute atomic E-state index is 13.0. The van der Waals surface area contributed by atoms with E-state index in [0.29, 0.717) is 23.6 Å². The lowest BCUT2D eigenvalue weighted by Crippen LogP contribution is -2.54. The topological polar surface area (TPSA) is 113 Å². The van der Waals surface area contributed by atoms with Crippen molar-refractivity contribution in [2.45, 2.75) is 57.5 Å². The highest BCUT2D eigenvalue weighted by molar-refractivity contribution is 6.23. The van der Waals surface area contributed by atoms with E-state index in [1.807, 2.05) is 18.5 Å². The van der Waals surface area contributed by atoms with Crippen LogP contribution in [0.5, 0.6) is 0 Å². The molecule has 4 amide bonds. The van der Waals surface area contributed by atoms with Crippen molar-refractivity contribution in [3.63, 3.8) is 0 Å². The van der Waals surface area contributed by atoms with Crippen molar-refractivity contribution in [1.82, 2.24) is 25.1 Å². The van der Waals surface area contributed by atoms with Gasteiger partial charge in [-0.2, -0.15) is 0 Å². The molecule has 0 bridgehead atoms. The molecule has 9 heteroatoms. The summed E-state index contributed by atoms with van der Waals surface area (Å²) in [6.07, 6.45) is 6.96. The minimum atomic E-state index is -0.943. The first-order chi connectivity index (χ1) is 16.4. The minimum Gasteiger partial charge on any atom is -0.299 e. The Kier molecular flexibility index (Phi) is 5.95. The fourth-order valence-electron chi connectivity index (χ4n) is 4.98. The third-order valence-corrected chi connectivity index (χ3v) is 7.00. The van der Waals surface area contributed by atoms with E-state index < -0.39 is 23.8 Å². The van der Waals surface area contributed by atoms with Gasteiger partial charge in [-0.3, -0.25) is 34.3 Å². The van der Waals surface area contributed by atoms with Gasteiger partial charge in [0.25, 0.3) is 11.8 Å². The lowest BCUT2D eigenvalue weighted by molar-refractivity contribution is -0.136. The Morgan fingerprint density at radius 3 is 2.32 bits per heavy atom. The molecule has 34 heavy (non-hydrogen) atoms. The van der Waals surface area contributed by atoms with Gasteiger partial charge in [0.2, 0.25) is 11.8 Å². The summed E-state index contributed by atoms with van der Waals surface area (Å²) in [5.74, 6) is -0.662. The average molecular weight is 462 g/mol. The van der Waals surface area contributed by atoms with Gasteiger partial charge in [-0.1, -0.05) is 13.0 Å². The fourth-order valence-corrected chi connectivity index (χ4v) is 4.98. The average Bonchev–Trinajstić information content (AvgIpc) is 3.09. The maximum Gasteiger partial charge on any atom is 0.262 e. The molecule has 4 heterocycles. The number of piperidine rings is 2. The van der Waals surface area contributed by atoms with Gasteiger partial charge in [-0.25, -0.2) is 9.97 Å². The molecule has 0 spiro atoms. The van der Waals surface area contributed by atoms with E-state index in [1.165, 1.54) is 0 Å². The van der Waals surface area contributed by atoms with Crippen LogP contribution in [0.15, 0.2) is 30.6 Å². The summed E-state index contributed by atoms with van der Waals surface area (Å²) in [4.78, 5) is 62.0. The summed E-state index contributed by atoms with van der Waals surface area (Å²) in [5.41, 5.74) is 2.73. The number of fused-ring (bicyclic) bond motifs is 1. The van der Waals surface area contributed by atoms with Crippen LogP contribution in [0, 0.1) is 0 Å². The number of nitrogens with zero attached hydrogens (tertiary/aromatic N) is 4. The number of amides is 4. The number of hydrogen-bond acceptors (Lipinski definition) is 7. The van der Waals surface area contributed by atoms with E-state index in [0.717, 1.165) is 54.2 Å². The monoisotopic (exact) mass is 461 g/mol. The predicted molar refractivity (Wildman–Crippen MR) is 122 cm³/mol. The lowest BCUT2D eigenvalue weighted by atomic mass is 9.95. The van der Waals surface area contributed by atoms with Crippen molar-refractivity contribution in [2.24, 2.45) is 0 Å². The van der Waals surface area contributed by atoms with Gasteiger partial charge in [0, 0.05) is 31.3 Å². The van der Waals surface area contributed by atoms with Crippen LogP contribution >= 0.6 is 0 Å². The molecule has 5 rings (SSSR count). The minimum absolute atomic E-state index is 0.110. The summed E-state index contributed by atoms with van der Waals surface area (Å²) in [7, 11) is 0. The molecule has 3 aliphatic heterocycles. The fraction of sp³-hybridized carbons (Fsp3) is 0.440. The highest BCUT2D eigenvalue weighted by Crippen LogP contribution is 2.30. The van der Waals surface area contributed by atoms with Crippen molar-refractivity contribution in [3.8, 4) is 0 Å². The zero-order valence-corrected chi connectivity index (χ0v) is 19.1. The standard InChI is InChI=1S/C25H27N5O4/c1-2-15-12-26-22(27-13-15)17-7-9-29(10-8-17)14-16-3-4-18-19(11-16)25(34)30(24(18)33)20-5-6-21(31)28-23(20)32/h3-4,11-13,17,20H,2,5-10,14H2,1H3,(H,28,31,32). The number of aromatic nitrogens is 2. The zero-order chi connectivity index (χ0) is 23.8. The van der Waals surface area contributed by atoms with Crippen molar-refractivity contribution in [2.75, 3.05) is 13.1 Å². The zero-order valence-electron chi connectivity index (χ0n) is 19.1. The molecule has 2 aromatic rings. The molecule has 9 nitrogen and oxygen atoms in total. The SMILES string of the molecule is CCc1cnc(C2CCN(Cc3ccc4c(c3)C(=O)N(C3CCC(=O)NC3=O)C4=O)CC2)nc1. The molecule has 2 saturated heterocycles. The number of nitrogens with one attached hydrogen (secondary N) is 1. The Morgan fingerprint density at radius 2 is 1.65 bits per heavy atom. The first-order valence-electron chi connectivity index (χ1n) is 11.8. The van der Waals surface area contributed by atoms with E-state index in [4.69, 9.17) is 0 Å². The third kappa shape index (κ3) is 4.11. The molecule has 1 aromatic heterocycles. The van der Waals surface area contributed by atoms with E-state index in [-0.39, 0.29) is 18.7 Å². The Bertz CT molecular complexity index is 1150. The molecule has 176 valence electrons. The van der Waals surface area contributed by atoms with Crippen LogP contribution in [-0.2, 0) is 22.6 Å². The van der Waals surface area contributed by atoms with Gasteiger partial charge in [-0.05, 0) is 62.0 Å². The highest BCUT2D eigenvalue weighted by Gasteiger charge is 2.44. The van der Waals surface area contributed by atoms with E-state index >= 15 is 0 Å². The van der Waals surface area contributed by atoms with E-state index in [2.05, 4.69) is 27.1 Å². The summed E-state index contributed by atoms with van der Waals surface area (Å²) in [6, 6.07) is 4.37. The van der Waals surface area contributed by atoms with Crippen LogP contribution in [-0.4, -0.2) is 62.5 Å². The third-order valence-electron chi connectivity index (χ3n) is 7.00. The lowest BCUT2D eigenvalue weighted by Gasteiger charge is -2.31. The molecular formula is C25H27N5O4. The van der Waals surface area contributed by atoms with Gasteiger partial charge in [-0.15, -0.1) is 0 Å². The molecule has 1 aromatic carbocycles. The smallest absolute Gasteiger partial charge is 0.262 e. The quantitative estimate of drug-likeness (QED) is 0.676. The number of likely N-dealkylation sites (tertiary alicyclic amines) is 1. The van der Waals surface area contributed by atoms with Crippen molar-refractivity contribution in [3.05, 3.63) is 58.7 Å².